The lowest BCUT2D eigenvalue weighted by Gasteiger charge is -2.12. The third-order valence-electron chi connectivity index (χ3n) is 3.64. The van der Waals surface area contributed by atoms with Gasteiger partial charge in [-0.25, -0.2) is 14.4 Å². The first kappa shape index (κ1) is 20.3. The van der Waals surface area contributed by atoms with E-state index < -0.39 is 28.2 Å². The van der Waals surface area contributed by atoms with E-state index in [-0.39, 0.29) is 28.0 Å². The molecule has 0 aliphatic carbocycles. The third kappa shape index (κ3) is 4.69. The van der Waals surface area contributed by atoms with Crippen LogP contribution in [0.2, 0.25) is 5.02 Å². The molecule has 0 atom stereocenters. The summed E-state index contributed by atoms with van der Waals surface area (Å²) in [5, 5.41) is 16.4. The van der Waals surface area contributed by atoms with Gasteiger partial charge in [-0.3, -0.25) is 10.1 Å². The van der Waals surface area contributed by atoms with Crippen molar-refractivity contribution in [3.8, 4) is 0 Å². The van der Waals surface area contributed by atoms with Gasteiger partial charge in [-0.1, -0.05) is 17.7 Å². The zero-order valence-corrected chi connectivity index (χ0v) is 14.9. The number of hydrogen-bond donors (Lipinski definition) is 2. The number of hydrogen-bond acceptors (Lipinski definition) is 6. The molecule has 0 saturated heterocycles. The number of nitrogens with zero attached hydrogens (tertiary/aromatic N) is 3. The number of nitrogens with one attached hydrogen (secondary N) is 2. The Kier molecular flexibility index (Phi) is 5.50. The molecule has 3 rings (SSSR count). The Hall–Kier alpha value is -3.47. The molecule has 2 N–H and O–H groups in total. The van der Waals surface area contributed by atoms with E-state index in [1.165, 1.54) is 18.2 Å². The number of benzene rings is 2. The first-order valence-electron chi connectivity index (χ1n) is 7.81. The minimum Gasteiger partial charge on any atom is -0.334 e. The van der Waals surface area contributed by atoms with Gasteiger partial charge in [0.2, 0.25) is 11.6 Å². The maximum atomic E-state index is 13.3. The van der Waals surface area contributed by atoms with Gasteiger partial charge in [-0.2, -0.15) is 13.2 Å². The Morgan fingerprint density at radius 1 is 1.00 bits per heavy atom. The highest BCUT2D eigenvalue weighted by Crippen LogP contribution is 2.35. The van der Waals surface area contributed by atoms with Crippen molar-refractivity contribution in [2.45, 2.75) is 6.18 Å². The van der Waals surface area contributed by atoms with Gasteiger partial charge in [-0.15, -0.1) is 0 Å². The number of halogens is 5. The molecule has 0 spiro atoms. The zero-order chi connectivity index (χ0) is 21.2. The quantitative estimate of drug-likeness (QED) is 0.309. The monoisotopic (exact) mass is 427 g/mol. The van der Waals surface area contributed by atoms with E-state index >= 15 is 0 Å². The largest absolute Gasteiger partial charge is 0.416 e. The van der Waals surface area contributed by atoms with Crippen molar-refractivity contribution >= 4 is 40.3 Å². The maximum Gasteiger partial charge on any atom is 0.416 e. The normalized spacial score (nSPS) is 11.2. The molecule has 0 aliphatic heterocycles. The van der Waals surface area contributed by atoms with Crippen LogP contribution in [0.15, 0.2) is 48.8 Å². The van der Waals surface area contributed by atoms with Crippen LogP contribution in [0.5, 0.6) is 0 Å². The lowest BCUT2D eigenvalue weighted by molar-refractivity contribution is -0.383. The molecule has 0 unspecified atom stereocenters. The number of anilines is 4. The summed E-state index contributed by atoms with van der Waals surface area (Å²) in [7, 11) is 0. The van der Waals surface area contributed by atoms with Crippen LogP contribution in [0.25, 0.3) is 0 Å². The van der Waals surface area contributed by atoms with E-state index in [1.54, 1.807) is 0 Å². The van der Waals surface area contributed by atoms with Crippen LogP contribution in [-0.2, 0) is 6.18 Å². The lowest BCUT2D eigenvalue weighted by atomic mass is 10.2. The molecular weight excluding hydrogens is 418 g/mol. The van der Waals surface area contributed by atoms with Crippen molar-refractivity contribution < 1.29 is 22.5 Å². The number of rotatable bonds is 5. The van der Waals surface area contributed by atoms with Gasteiger partial charge >= 0.3 is 11.9 Å². The van der Waals surface area contributed by atoms with Crippen LogP contribution in [0.1, 0.15) is 5.56 Å². The van der Waals surface area contributed by atoms with Crippen molar-refractivity contribution in [2.24, 2.45) is 0 Å². The fourth-order valence-electron chi connectivity index (χ4n) is 2.36. The molecule has 29 heavy (non-hydrogen) atoms. The van der Waals surface area contributed by atoms with E-state index in [1.807, 2.05) is 0 Å². The van der Waals surface area contributed by atoms with Crippen LogP contribution in [0.4, 0.5) is 46.3 Å². The summed E-state index contributed by atoms with van der Waals surface area (Å²) in [6.07, 6.45) is -3.60. The lowest BCUT2D eigenvalue weighted by Crippen LogP contribution is -2.07. The fraction of sp³-hybridized carbons (Fsp3) is 0.0588. The molecule has 0 amide bonds. The van der Waals surface area contributed by atoms with Crippen molar-refractivity contribution in [3.05, 3.63) is 75.3 Å². The van der Waals surface area contributed by atoms with Crippen LogP contribution in [-0.4, -0.2) is 14.9 Å². The minimum atomic E-state index is -4.58. The second kappa shape index (κ2) is 7.87. The Bertz CT molecular complexity index is 1080. The Morgan fingerprint density at radius 2 is 1.62 bits per heavy atom. The van der Waals surface area contributed by atoms with Crippen LogP contribution >= 0.6 is 11.6 Å². The molecule has 0 radical (unpaired) electrons. The molecule has 2 aromatic carbocycles. The number of nitro groups is 1. The summed E-state index contributed by atoms with van der Waals surface area (Å²) in [5.41, 5.74) is -1.40. The summed E-state index contributed by atoms with van der Waals surface area (Å²) in [4.78, 5) is 18.3. The van der Waals surface area contributed by atoms with Crippen LogP contribution < -0.4 is 10.6 Å². The minimum absolute atomic E-state index is 0.0580. The summed E-state index contributed by atoms with van der Waals surface area (Å²) in [6.45, 7) is 0. The van der Waals surface area contributed by atoms with Gasteiger partial charge in [0.1, 0.15) is 12.1 Å². The molecular formula is C17H10ClF4N5O2. The van der Waals surface area contributed by atoms with Crippen LogP contribution in [0, 0.1) is 15.9 Å². The first-order valence-corrected chi connectivity index (χ1v) is 8.18. The van der Waals surface area contributed by atoms with Crippen LogP contribution in [0.3, 0.4) is 0 Å². The SMILES string of the molecule is O=[N+]([O-])c1c(Nc2cccc(C(F)(F)F)c2)ncnc1Nc1ccc(F)c(Cl)c1. The highest BCUT2D eigenvalue weighted by molar-refractivity contribution is 6.31. The van der Waals surface area contributed by atoms with E-state index in [4.69, 9.17) is 11.6 Å². The van der Waals surface area contributed by atoms with Crippen molar-refractivity contribution in [1.29, 1.82) is 0 Å². The number of alkyl halides is 3. The topological polar surface area (TPSA) is 93.0 Å². The summed E-state index contributed by atoms with van der Waals surface area (Å²) in [6, 6.07) is 7.64. The summed E-state index contributed by atoms with van der Waals surface area (Å²) in [5.74, 6) is -1.27. The number of aromatic nitrogens is 2. The highest BCUT2D eigenvalue weighted by Gasteiger charge is 2.31. The molecule has 0 saturated carbocycles. The molecule has 0 aliphatic rings. The standard InChI is InChI=1S/C17H10ClF4N5O2/c18-12-7-11(4-5-13(12)19)26-16-14(27(28)29)15(23-8-24-16)25-10-3-1-2-9(6-10)17(20,21)22/h1-8H,(H2,23,24,25,26). The smallest absolute Gasteiger partial charge is 0.334 e. The molecule has 3 aromatic rings. The van der Waals surface area contributed by atoms with Gasteiger partial charge in [0.15, 0.2) is 0 Å². The van der Waals surface area contributed by atoms with Gasteiger partial charge in [0.25, 0.3) is 0 Å². The Balaban J connectivity index is 1.97. The fourth-order valence-corrected chi connectivity index (χ4v) is 2.54. The van der Waals surface area contributed by atoms with E-state index in [2.05, 4.69) is 20.6 Å². The van der Waals surface area contributed by atoms with E-state index in [0.29, 0.717) is 0 Å². The van der Waals surface area contributed by atoms with Crippen molar-refractivity contribution in [2.75, 3.05) is 10.6 Å². The first-order chi connectivity index (χ1) is 13.6. The van der Waals surface area contributed by atoms with E-state index in [9.17, 15) is 27.7 Å². The average molecular weight is 428 g/mol. The molecule has 1 heterocycles. The predicted molar refractivity (Wildman–Crippen MR) is 98.1 cm³/mol. The average Bonchev–Trinajstić information content (AvgIpc) is 2.64. The second-order valence-electron chi connectivity index (χ2n) is 5.63. The zero-order valence-electron chi connectivity index (χ0n) is 14.2. The van der Waals surface area contributed by atoms with Crippen molar-refractivity contribution in [1.82, 2.24) is 9.97 Å². The highest BCUT2D eigenvalue weighted by atomic mass is 35.5. The summed E-state index contributed by atoms with van der Waals surface area (Å²) >= 11 is 5.69. The third-order valence-corrected chi connectivity index (χ3v) is 3.93. The van der Waals surface area contributed by atoms with Gasteiger partial charge in [0.05, 0.1) is 15.5 Å². The summed E-state index contributed by atoms with van der Waals surface area (Å²) < 4.78 is 51.9. The van der Waals surface area contributed by atoms with Gasteiger partial charge < -0.3 is 10.6 Å². The Morgan fingerprint density at radius 3 is 2.17 bits per heavy atom. The second-order valence-corrected chi connectivity index (χ2v) is 6.04. The molecule has 150 valence electrons. The molecule has 7 nitrogen and oxygen atoms in total. The Labute approximate surface area is 165 Å². The maximum absolute atomic E-state index is 13.3. The van der Waals surface area contributed by atoms with E-state index in [0.717, 1.165) is 30.6 Å². The predicted octanol–water partition coefficient (Wildman–Crippen LogP) is 5.68. The molecule has 0 fully saturated rings. The van der Waals surface area contributed by atoms with Crippen molar-refractivity contribution in [3.63, 3.8) is 0 Å². The molecule has 1 aromatic heterocycles. The van der Waals surface area contributed by atoms with Gasteiger partial charge in [-0.05, 0) is 36.4 Å². The molecule has 12 heteroatoms. The van der Waals surface area contributed by atoms with Gasteiger partial charge in [0, 0.05) is 11.4 Å². The molecule has 0 bridgehead atoms.